The normalized spacial score (nSPS) is 56.3. The molecule has 0 aromatic rings. The van der Waals surface area contributed by atoms with Crippen LogP contribution in [0, 0.1) is 28.1 Å². The lowest BCUT2D eigenvalue weighted by atomic mass is 9.44. The van der Waals surface area contributed by atoms with Crippen LogP contribution in [-0.4, -0.2) is 61.0 Å². The van der Waals surface area contributed by atoms with Crippen molar-refractivity contribution in [2.45, 2.75) is 70.8 Å². The van der Waals surface area contributed by atoms with Gasteiger partial charge < -0.3 is 19.5 Å². The first-order chi connectivity index (χ1) is 12.6. The van der Waals surface area contributed by atoms with Crippen LogP contribution >= 0.6 is 0 Å². The molecule has 0 bridgehead atoms. The molecule has 9 unspecified atom stereocenters. The molecule has 2 heterocycles. The Labute approximate surface area is 162 Å². The average molecular weight is 376 g/mol. The number of fused-ring (bicyclic) bond motifs is 4. The maximum absolute atomic E-state index is 12.8. The molecule has 5 rings (SSSR count). The van der Waals surface area contributed by atoms with Crippen LogP contribution in [0.15, 0.2) is 11.6 Å². The summed E-state index contributed by atoms with van der Waals surface area (Å²) in [5, 5.41) is 10.7. The van der Waals surface area contributed by atoms with E-state index in [2.05, 4.69) is 38.9 Å². The number of esters is 1. The molecule has 0 spiro atoms. The number of nitrogens with zero attached hydrogens (tertiary/aromatic N) is 1. The number of likely N-dealkylation sites (N-methyl/N-ethyl adjacent to an activating group) is 1. The van der Waals surface area contributed by atoms with E-state index in [1.165, 1.54) is 5.57 Å². The third kappa shape index (κ3) is 1.99. The molecule has 0 aromatic carbocycles. The van der Waals surface area contributed by atoms with Gasteiger partial charge in [-0.05, 0) is 69.7 Å². The molecule has 0 radical (unpaired) electrons. The van der Waals surface area contributed by atoms with Crippen LogP contribution in [0.25, 0.3) is 0 Å². The summed E-state index contributed by atoms with van der Waals surface area (Å²) in [5.74, 6) is 0.261. The molecule has 150 valence electrons. The highest BCUT2D eigenvalue weighted by molar-refractivity contribution is 5.81. The van der Waals surface area contributed by atoms with E-state index in [1.807, 2.05) is 6.92 Å². The molecule has 5 aliphatic rings. The summed E-state index contributed by atoms with van der Waals surface area (Å²) in [7, 11) is 4.29. The van der Waals surface area contributed by atoms with E-state index in [1.54, 1.807) is 0 Å². The quantitative estimate of drug-likeness (QED) is 0.563. The molecular weight excluding hydrogens is 342 g/mol. The van der Waals surface area contributed by atoms with Crippen LogP contribution in [0.2, 0.25) is 0 Å². The summed E-state index contributed by atoms with van der Waals surface area (Å²) in [6, 6.07) is 0.416. The number of aliphatic hydroxyl groups excluding tert-OH is 1. The van der Waals surface area contributed by atoms with Crippen LogP contribution in [0.5, 0.6) is 0 Å². The second kappa shape index (κ2) is 5.37. The van der Waals surface area contributed by atoms with E-state index in [4.69, 9.17) is 9.47 Å². The maximum Gasteiger partial charge on any atom is 0.315 e. The van der Waals surface area contributed by atoms with Gasteiger partial charge in [-0.1, -0.05) is 13.8 Å². The fourth-order valence-corrected chi connectivity index (χ4v) is 7.78. The molecule has 27 heavy (non-hydrogen) atoms. The number of carbonyl (C=O) groups is 1. The van der Waals surface area contributed by atoms with Gasteiger partial charge in [0, 0.05) is 17.4 Å². The average Bonchev–Trinajstić information content (AvgIpc) is 3.08. The minimum atomic E-state index is -0.775. The third-order valence-corrected chi connectivity index (χ3v) is 9.25. The first kappa shape index (κ1) is 18.1. The van der Waals surface area contributed by atoms with E-state index >= 15 is 0 Å². The van der Waals surface area contributed by atoms with Gasteiger partial charge in [0.05, 0.1) is 24.2 Å². The lowest BCUT2D eigenvalue weighted by molar-refractivity contribution is -0.159. The number of rotatable bonds is 1. The Morgan fingerprint density at radius 3 is 2.56 bits per heavy atom. The van der Waals surface area contributed by atoms with Crippen LogP contribution < -0.4 is 0 Å². The number of aliphatic hydroxyl groups is 1. The van der Waals surface area contributed by atoms with Crippen molar-refractivity contribution in [3.05, 3.63) is 11.6 Å². The molecule has 0 aromatic heterocycles. The summed E-state index contributed by atoms with van der Waals surface area (Å²) in [6.07, 6.45) is 5.41. The second-order valence-electron chi connectivity index (χ2n) is 10.6. The second-order valence-corrected chi connectivity index (χ2v) is 10.6. The van der Waals surface area contributed by atoms with Crippen molar-refractivity contribution in [3.63, 3.8) is 0 Å². The van der Waals surface area contributed by atoms with Crippen molar-refractivity contribution in [3.8, 4) is 0 Å². The lowest BCUT2D eigenvalue weighted by Gasteiger charge is -2.59. The number of hydrogen-bond donors (Lipinski definition) is 1. The van der Waals surface area contributed by atoms with Crippen LogP contribution in [-0.2, 0) is 14.3 Å². The van der Waals surface area contributed by atoms with Crippen LogP contribution in [0.3, 0.4) is 0 Å². The summed E-state index contributed by atoms with van der Waals surface area (Å²) >= 11 is 0. The molecule has 2 aliphatic heterocycles. The Hall–Kier alpha value is -0.910. The summed E-state index contributed by atoms with van der Waals surface area (Å²) in [4.78, 5) is 15.1. The maximum atomic E-state index is 12.8. The molecule has 2 saturated heterocycles. The molecule has 1 N–H and O–H groups in total. The largest absolute Gasteiger partial charge is 0.457 e. The van der Waals surface area contributed by atoms with Gasteiger partial charge in [0.25, 0.3) is 0 Å². The van der Waals surface area contributed by atoms with Gasteiger partial charge in [0.1, 0.15) is 6.10 Å². The van der Waals surface area contributed by atoms with Gasteiger partial charge in [-0.3, -0.25) is 4.79 Å². The van der Waals surface area contributed by atoms with Gasteiger partial charge >= 0.3 is 5.97 Å². The molecule has 9 atom stereocenters. The first-order valence-electron chi connectivity index (χ1n) is 10.5. The zero-order valence-electron chi connectivity index (χ0n) is 17.2. The fourth-order valence-electron chi connectivity index (χ4n) is 7.78. The highest BCUT2D eigenvalue weighted by Crippen LogP contribution is 2.67. The van der Waals surface area contributed by atoms with Crippen molar-refractivity contribution in [1.29, 1.82) is 0 Å². The highest BCUT2D eigenvalue weighted by Gasteiger charge is 2.70. The predicted molar refractivity (Wildman–Crippen MR) is 101 cm³/mol. The van der Waals surface area contributed by atoms with Crippen LogP contribution in [0.4, 0.5) is 0 Å². The Kier molecular flexibility index (Phi) is 3.61. The van der Waals surface area contributed by atoms with Gasteiger partial charge in [-0.15, -0.1) is 0 Å². The zero-order valence-corrected chi connectivity index (χ0v) is 17.2. The molecule has 2 saturated carbocycles. The number of carbonyl (C=O) groups excluding carboxylic acids is 1. The lowest BCUT2D eigenvalue weighted by Crippen LogP contribution is -2.60. The predicted octanol–water partition coefficient (Wildman–Crippen LogP) is 2.38. The van der Waals surface area contributed by atoms with Gasteiger partial charge in [0.15, 0.2) is 0 Å². The monoisotopic (exact) mass is 375 g/mol. The summed E-state index contributed by atoms with van der Waals surface area (Å²) < 4.78 is 12.3. The van der Waals surface area contributed by atoms with Crippen LogP contribution in [0.1, 0.15) is 46.5 Å². The highest BCUT2D eigenvalue weighted by atomic mass is 16.6. The van der Waals surface area contributed by atoms with Gasteiger partial charge in [-0.2, -0.15) is 0 Å². The minimum absolute atomic E-state index is 0.0181. The van der Waals surface area contributed by atoms with Crippen molar-refractivity contribution >= 4 is 5.97 Å². The van der Waals surface area contributed by atoms with Crippen molar-refractivity contribution < 1.29 is 19.4 Å². The van der Waals surface area contributed by atoms with Gasteiger partial charge in [0.2, 0.25) is 0 Å². The van der Waals surface area contributed by atoms with E-state index < -0.39 is 11.5 Å². The molecule has 3 aliphatic carbocycles. The summed E-state index contributed by atoms with van der Waals surface area (Å²) in [6.45, 7) is 7.41. The van der Waals surface area contributed by atoms with Crippen molar-refractivity contribution in [2.24, 2.45) is 28.1 Å². The van der Waals surface area contributed by atoms with E-state index in [-0.39, 0.29) is 34.9 Å². The Morgan fingerprint density at radius 1 is 1.15 bits per heavy atom. The first-order valence-corrected chi connectivity index (χ1v) is 10.5. The smallest absolute Gasteiger partial charge is 0.315 e. The number of hydrogen-bond acceptors (Lipinski definition) is 5. The van der Waals surface area contributed by atoms with E-state index in [9.17, 15) is 9.90 Å². The molecule has 5 nitrogen and oxygen atoms in total. The third-order valence-electron chi connectivity index (χ3n) is 9.25. The molecule has 0 amide bonds. The fraction of sp³-hybridized carbons (Fsp3) is 0.864. The Balaban J connectivity index is 1.60. The zero-order chi connectivity index (χ0) is 19.4. The van der Waals surface area contributed by atoms with E-state index in [0.29, 0.717) is 18.4 Å². The standard InChI is InChI=1S/C22H33NO4/c1-20-9-7-16(24)22(3)17(20)14(27-19(22)25)10-12-13(20)6-8-21(2)15(23(4)5)11-26-18(12)21/h10,13-18,24H,6-9,11H2,1-5H3. The minimum Gasteiger partial charge on any atom is -0.457 e. The topological polar surface area (TPSA) is 59.0 Å². The van der Waals surface area contributed by atoms with Gasteiger partial charge in [-0.25, -0.2) is 0 Å². The Bertz CT molecular complexity index is 719. The molecule has 5 heteroatoms. The van der Waals surface area contributed by atoms with Crippen molar-refractivity contribution in [2.75, 3.05) is 20.7 Å². The molecule has 4 fully saturated rings. The SMILES string of the molecule is CN(C)C1COC2C3=CC4OC(=O)C5(C)C(O)CCC(C)(C3CCC21C)C45. The summed E-state index contributed by atoms with van der Waals surface area (Å²) in [5.41, 5.74) is 0.680. The number of ether oxygens (including phenoxy) is 2. The van der Waals surface area contributed by atoms with Crippen molar-refractivity contribution in [1.82, 2.24) is 4.90 Å². The molecular formula is C22H33NO4. The van der Waals surface area contributed by atoms with E-state index in [0.717, 1.165) is 25.9 Å². The Morgan fingerprint density at radius 2 is 1.85 bits per heavy atom.